The number of fused-ring (bicyclic) bond motifs is 1. The number of H-pyrrole nitrogens is 1. The lowest BCUT2D eigenvalue weighted by Gasteiger charge is -2.34. The third-order valence-corrected chi connectivity index (χ3v) is 9.74. The van der Waals surface area contributed by atoms with Crippen LogP contribution in [0.4, 0.5) is 4.79 Å². The van der Waals surface area contributed by atoms with Crippen LogP contribution in [-0.2, 0) is 32.0 Å². The van der Waals surface area contributed by atoms with Gasteiger partial charge in [0.1, 0.15) is 18.1 Å². The maximum Gasteiger partial charge on any atom is 0.326 e. The van der Waals surface area contributed by atoms with Gasteiger partial charge in [0.2, 0.25) is 17.7 Å². The monoisotopic (exact) mass is 689 g/mol. The van der Waals surface area contributed by atoms with E-state index < -0.39 is 59.9 Å². The Morgan fingerprint density at radius 1 is 0.940 bits per heavy atom. The van der Waals surface area contributed by atoms with Crippen LogP contribution in [0.3, 0.4) is 0 Å². The molecule has 2 aromatic carbocycles. The molecule has 50 heavy (non-hydrogen) atoms. The average Bonchev–Trinajstić information content (AvgIpc) is 3.51. The van der Waals surface area contributed by atoms with Crippen LogP contribution in [0.2, 0.25) is 0 Å². The lowest BCUT2D eigenvalue weighted by Crippen LogP contribution is -2.62. The highest BCUT2D eigenvalue weighted by molar-refractivity contribution is 5.93. The number of nitrogens with zero attached hydrogens (tertiary/aromatic N) is 1. The molecule has 270 valence electrons. The molecule has 1 heterocycles. The Kier molecular flexibility index (Phi) is 13.4. The molecule has 13 nitrogen and oxygen atoms in total. The van der Waals surface area contributed by atoms with Gasteiger partial charge in [-0.25, -0.2) is 9.59 Å². The highest BCUT2D eigenvalue weighted by Gasteiger charge is 2.36. The van der Waals surface area contributed by atoms with Gasteiger partial charge in [-0.2, -0.15) is 0 Å². The summed E-state index contributed by atoms with van der Waals surface area (Å²) in [5, 5.41) is 21.4. The molecule has 1 aliphatic rings. The number of urea groups is 1. The van der Waals surface area contributed by atoms with Crippen molar-refractivity contribution in [3.05, 3.63) is 71.4 Å². The van der Waals surface area contributed by atoms with Crippen molar-refractivity contribution in [1.29, 1.82) is 0 Å². The Labute approximate surface area is 293 Å². The third-order valence-electron chi connectivity index (χ3n) is 9.74. The SMILES string of the molecule is CNC(=O)[C@@H](NC(=O)[C@H](CC1CCCCC1)NC(=O)N[C@@H](Cc1c[nH]c2ccccc12)C(=O)O)[C@H](C)N(C)C(=O)[C@@H](N)Cc1cccc(C)c1. The summed E-state index contributed by atoms with van der Waals surface area (Å²) in [5.41, 5.74) is 9.84. The van der Waals surface area contributed by atoms with Crippen molar-refractivity contribution in [3.63, 3.8) is 0 Å². The van der Waals surface area contributed by atoms with Crippen LogP contribution in [-0.4, -0.2) is 89.0 Å². The van der Waals surface area contributed by atoms with Crippen molar-refractivity contribution in [2.24, 2.45) is 11.7 Å². The van der Waals surface area contributed by atoms with Crippen LogP contribution < -0.4 is 27.0 Å². The zero-order valence-corrected chi connectivity index (χ0v) is 29.3. The van der Waals surface area contributed by atoms with Crippen LogP contribution in [0.15, 0.2) is 54.7 Å². The minimum atomic E-state index is -1.27. The van der Waals surface area contributed by atoms with Gasteiger partial charge in [0.05, 0.1) is 12.1 Å². The predicted molar refractivity (Wildman–Crippen MR) is 191 cm³/mol. The van der Waals surface area contributed by atoms with Crippen molar-refractivity contribution in [2.75, 3.05) is 14.1 Å². The number of likely N-dealkylation sites (N-methyl/N-ethyl adjacent to an activating group) is 2. The number of nitrogens with two attached hydrogens (primary N) is 1. The second-order valence-corrected chi connectivity index (χ2v) is 13.5. The number of para-hydroxylation sites is 1. The summed E-state index contributed by atoms with van der Waals surface area (Å²) in [7, 11) is 2.97. The number of carboxylic acids is 1. The minimum Gasteiger partial charge on any atom is -0.480 e. The van der Waals surface area contributed by atoms with E-state index in [9.17, 15) is 29.1 Å². The van der Waals surface area contributed by atoms with E-state index in [4.69, 9.17) is 5.73 Å². The van der Waals surface area contributed by atoms with E-state index in [1.165, 1.54) is 19.0 Å². The topological polar surface area (TPSA) is 199 Å². The lowest BCUT2D eigenvalue weighted by atomic mass is 9.84. The van der Waals surface area contributed by atoms with Crippen LogP contribution >= 0.6 is 0 Å². The van der Waals surface area contributed by atoms with Crippen molar-refractivity contribution in [2.45, 2.75) is 95.4 Å². The number of hydrogen-bond acceptors (Lipinski definition) is 6. The smallest absolute Gasteiger partial charge is 0.326 e. The molecule has 1 saturated carbocycles. The van der Waals surface area contributed by atoms with Gasteiger partial charge >= 0.3 is 12.0 Å². The molecule has 5 amide bonds. The Bertz CT molecular complexity index is 1650. The van der Waals surface area contributed by atoms with E-state index in [0.717, 1.165) is 59.7 Å². The fourth-order valence-electron chi connectivity index (χ4n) is 6.75. The molecular formula is C37H51N7O6. The summed E-state index contributed by atoms with van der Waals surface area (Å²) in [5.74, 6) is -2.60. The maximum absolute atomic E-state index is 13.9. The molecule has 0 unspecified atom stereocenters. The Hall–Kier alpha value is -4.91. The number of rotatable bonds is 15. The normalized spacial score (nSPS) is 16.3. The quantitative estimate of drug-likeness (QED) is 0.127. The third kappa shape index (κ3) is 10.1. The highest BCUT2D eigenvalue weighted by Crippen LogP contribution is 2.27. The van der Waals surface area contributed by atoms with E-state index in [1.54, 1.807) is 13.1 Å². The molecule has 0 bridgehead atoms. The number of hydrogen-bond donors (Lipinski definition) is 7. The predicted octanol–water partition coefficient (Wildman–Crippen LogP) is 2.76. The molecule has 0 aliphatic heterocycles. The molecule has 0 saturated heterocycles. The molecule has 0 radical (unpaired) electrons. The molecule has 1 fully saturated rings. The number of carbonyl (C=O) groups is 5. The van der Waals surface area contributed by atoms with E-state index in [0.29, 0.717) is 12.8 Å². The lowest BCUT2D eigenvalue weighted by molar-refractivity contribution is -0.139. The zero-order valence-electron chi connectivity index (χ0n) is 29.3. The summed E-state index contributed by atoms with van der Waals surface area (Å²) in [6.45, 7) is 3.60. The number of aryl methyl sites for hydroxylation is 1. The van der Waals surface area contributed by atoms with Crippen LogP contribution in [0, 0.1) is 12.8 Å². The van der Waals surface area contributed by atoms with Gasteiger partial charge in [0, 0.05) is 37.6 Å². The number of benzene rings is 2. The van der Waals surface area contributed by atoms with Gasteiger partial charge in [-0.15, -0.1) is 0 Å². The number of nitrogens with one attached hydrogen (secondary N) is 5. The summed E-state index contributed by atoms with van der Waals surface area (Å²) in [6, 6.07) is 9.19. The largest absolute Gasteiger partial charge is 0.480 e. The second kappa shape index (κ2) is 17.7. The fourth-order valence-corrected chi connectivity index (χ4v) is 6.75. The van der Waals surface area contributed by atoms with E-state index in [1.807, 2.05) is 55.5 Å². The first-order valence-electron chi connectivity index (χ1n) is 17.3. The van der Waals surface area contributed by atoms with Crippen molar-refractivity contribution in [1.82, 2.24) is 31.2 Å². The number of carboxylic acid groups (broad SMARTS) is 1. The van der Waals surface area contributed by atoms with E-state index >= 15 is 0 Å². The molecule has 13 heteroatoms. The van der Waals surface area contributed by atoms with Crippen molar-refractivity contribution in [3.8, 4) is 0 Å². The molecule has 3 aromatic rings. The van der Waals surface area contributed by atoms with Crippen molar-refractivity contribution < 1.29 is 29.1 Å². The Morgan fingerprint density at radius 2 is 1.64 bits per heavy atom. The Balaban J connectivity index is 1.47. The number of aromatic nitrogens is 1. The molecule has 1 aliphatic carbocycles. The number of carbonyl (C=O) groups excluding carboxylic acids is 4. The maximum atomic E-state index is 13.9. The standard InChI is InChI=1S/C37H51N7O6/c1-22-11-10-14-25(17-22)18-28(38)35(47)44(4)23(2)32(34(46)39-3)43-33(45)30(19-24-12-6-5-7-13-24)41-37(50)42-31(36(48)49)20-26-21-40-29-16-9-8-15-27(26)29/h8-11,14-17,21,23-24,28,30-32,40H,5-7,12-13,18-20,38H2,1-4H3,(H,39,46)(H,43,45)(H,48,49)(H2,41,42,50)/t23-,28-,30-,31-,32-/m0/s1. The van der Waals surface area contributed by atoms with E-state index in [-0.39, 0.29) is 12.3 Å². The summed E-state index contributed by atoms with van der Waals surface area (Å²) in [6.07, 6.45) is 7.23. The number of amides is 5. The first-order valence-corrected chi connectivity index (χ1v) is 17.3. The van der Waals surface area contributed by atoms with Crippen LogP contribution in [0.1, 0.15) is 62.1 Å². The van der Waals surface area contributed by atoms with Crippen LogP contribution in [0.5, 0.6) is 0 Å². The Morgan fingerprint density at radius 3 is 2.32 bits per heavy atom. The van der Waals surface area contributed by atoms with Gasteiger partial charge in [-0.1, -0.05) is 80.1 Å². The summed E-state index contributed by atoms with van der Waals surface area (Å²) in [4.78, 5) is 70.5. The second-order valence-electron chi connectivity index (χ2n) is 13.5. The van der Waals surface area contributed by atoms with Crippen LogP contribution in [0.25, 0.3) is 10.9 Å². The summed E-state index contributed by atoms with van der Waals surface area (Å²) < 4.78 is 0. The summed E-state index contributed by atoms with van der Waals surface area (Å²) >= 11 is 0. The fraction of sp³-hybridized carbons (Fsp3) is 0.486. The molecule has 1 aromatic heterocycles. The van der Waals surface area contributed by atoms with Gasteiger partial charge in [-0.05, 0) is 49.8 Å². The molecule has 4 rings (SSSR count). The number of aromatic amines is 1. The minimum absolute atomic E-state index is 0.0227. The van der Waals surface area contributed by atoms with Gasteiger partial charge in [-0.3, -0.25) is 14.4 Å². The van der Waals surface area contributed by atoms with Gasteiger partial charge < -0.3 is 42.0 Å². The van der Waals surface area contributed by atoms with Gasteiger partial charge in [0.25, 0.3) is 0 Å². The molecule has 8 N–H and O–H groups in total. The highest BCUT2D eigenvalue weighted by atomic mass is 16.4. The first-order chi connectivity index (χ1) is 23.9. The molecule has 5 atom stereocenters. The van der Waals surface area contributed by atoms with E-state index in [2.05, 4.69) is 26.3 Å². The molecular weight excluding hydrogens is 638 g/mol. The average molecular weight is 690 g/mol. The number of aliphatic carboxylic acids is 1. The molecule has 0 spiro atoms. The van der Waals surface area contributed by atoms with Crippen molar-refractivity contribution >= 4 is 40.6 Å². The zero-order chi connectivity index (χ0) is 36.4. The first kappa shape index (κ1) is 37.9. The van der Waals surface area contributed by atoms with Gasteiger partial charge in [0.15, 0.2) is 0 Å².